The molecule has 1 amide bonds. The molecular weight excluding hydrogens is 484 g/mol. The molecule has 12 nitrogen and oxygen atoms in total. The van der Waals surface area contributed by atoms with Crippen molar-refractivity contribution in [3.63, 3.8) is 0 Å². The highest BCUT2D eigenvalue weighted by Crippen LogP contribution is 2.31. The van der Waals surface area contributed by atoms with Crippen molar-refractivity contribution >= 4 is 55.6 Å². The number of rotatable bonds is 7. The van der Waals surface area contributed by atoms with Crippen LogP contribution >= 0.6 is 0 Å². The zero-order valence-corrected chi connectivity index (χ0v) is 20.2. The van der Waals surface area contributed by atoms with Crippen LogP contribution < -0.4 is 21.3 Å². The van der Waals surface area contributed by atoms with Gasteiger partial charge in [-0.3, -0.25) is 9.89 Å². The molecule has 1 fully saturated rings. The van der Waals surface area contributed by atoms with Crippen LogP contribution in [0.4, 0.5) is 28.8 Å². The van der Waals surface area contributed by atoms with E-state index < -0.39 is 15.7 Å². The molecule has 2 aromatic carbocycles. The minimum atomic E-state index is -3.68. The molecule has 0 spiro atoms. The molecule has 1 saturated heterocycles. The molecule has 5 N–H and O–H groups in total. The lowest BCUT2D eigenvalue weighted by Gasteiger charge is -2.28. The Morgan fingerprint density at radius 3 is 2.47 bits per heavy atom. The molecule has 36 heavy (non-hydrogen) atoms. The molecule has 4 aromatic rings. The summed E-state index contributed by atoms with van der Waals surface area (Å²) in [4.78, 5) is 23.1. The normalized spacial score (nSPS) is 14.1. The molecule has 2 aromatic heterocycles. The number of fused-ring (bicyclic) bond motifs is 1. The summed E-state index contributed by atoms with van der Waals surface area (Å²) in [6, 6.07) is 14.4. The van der Waals surface area contributed by atoms with Gasteiger partial charge in [0.05, 0.1) is 24.5 Å². The Morgan fingerprint density at radius 2 is 1.78 bits per heavy atom. The molecular formula is C23H24N8O4S. The van der Waals surface area contributed by atoms with Crippen molar-refractivity contribution in [3.8, 4) is 0 Å². The molecule has 0 atom stereocenters. The number of carbonyl (C=O) groups is 1. The van der Waals surface area contributed by atoms with Gasteiger partial charge in [-0.1, -0.05) is 12.1 Å². The van der Waals surface area contributed by atoms with Crippen LogP contribution in [0.3, 0.4) is 0 Å². The van der Waals surface area contributed by atoms with E-state index in [9.17, 15) is 13.2 Å². The fourth-order valence-electron chi connectivity index (χ4n) is 3.95. The minimum absolute atomic E-state index is 0.136. The molecule has 5 rings (SSSR count). The van der Waals surface area contributed by atoms with Gasteiger partial charge in [-0.25, -0.2) is 8.42 Å². The average molecular weight is 509 g/mol. The monoisotopic (exact) mass is 508 g/mol. The molecule has 0 saturated carbocycles. The molecule has 0 unspecified atom stereocenters. The second-order valence-electron chi connectivity index (χ2n) is 8.23. The maximum atomic E-state index is 12.4. The number of nitrogens with one attached hydrogen (secondary N) is 3. The number of hydrogen-bond acceptors (Lipinski definition) is 10. The lowest BCUT2D eigenvalue weighted by atomic mass is 10.1. The largest absolute Gasteiger partial charge is 0.378 e. The maximum Gasteiger partial charge on any atom is 0.250 e. The zero-order valence-electron chi connectivity index (χ0n) is 19.4. The van der Waals surface area contributed by atoms with Crippen LogP contribution in [0.1, 0.15) is 10.4 Å². The second kappa shape index (κ2) is 9.43. The summed E-state index contributed by atoms with van der Waals surface area (Å²) in [6.45, 7) is 3.05. The number of nitrogens with two attached hydrogens (primary N) is 1. The number of H-pyrrole nitrogens is 1. The number of morpholine rings is 1. The summed E-state index contributed by atoms with van der Waals surface area (Å²) in [5, 5.41) is 12.8. The van der Waals surface area contributed by atoms with Crippen molar-refractivity contribution in [1.29, 1.82) is 0 Å². The summed E-state index contributed by atoms with van der Waals surface area (Å²) >= 11 is 0. The van der Waals surface area contributed by atoms with Crippen LogP contribution in [0.5, 0.6) is 0 Å². The van der Waals surface area contributed by atoms with E-state index in [-0.39, 0.29) is 33.4 Å². The molecule has 186 valence electrons. The third-order valence-corrected chi connectivity index (χ3v) is 6.73. The number of aromatic amines is 1. The molecule has 1 aliphatic rings. The number of amides is 1. The Labute approximate surface area is 206 Å². The predicted molar refractivity (Wildman–Crippen MR) is 136 cm³/mol. The van der Waals surface area contributed by atoms with Gasteiger partial charge in [0.1, 0.15) is 11.2 Å². The molecule has 3 heterocycles. The maximum absolute atomic E-state index is 12.4. The lowest BCUT2D eigenvalue weighted by molar-refractivity contribution is 0.100. The number of anilines is 5. The van der Waals surface area contributed by atoms with Gasteiger partial charge in [0, 0.05) is 30.7 Å². The Morgan fingerprint density at radius 1 is 1.06 bits per heavy atom. The van der Waals surface area contributed by atoms with E-state index in [4.69, 9.17) is 10.5 Å². The van der Waals surface area contributed by atoms with Gasteiger partial charge in [0.25, 0.3) is 5.91 Å². The summed E-state index contributed by atoms with van der Waals surface area (Å²) in [6.07, 6.45) is 1.06. The Balaban J connectivity index is 1.52. The van der Waals surface area contributed by atoms with Gasteiger partial charge in [-0.2, -0.15) is 15.1 Å². The van der Waals surface area contributed by atoms with Crippen LogP contribution in [-0.2, 0) is 14.6 Å². The minimum Gasteiger partial charge on any atom is -0.378 e. The van der Waals surface area contributed by atoms with Crippen molar-refractivity contribution in [2.45, 2.75) is 5.03 Å². The summed E-state index contributed by atoms with van der Waals surface area (Å²) in [7, 11) is -3.68. The van der Waals surface area contributed by atoms with Gasteiger partial charge in [-0.15, -0.1) is 0 Å². The van der Waals surface area contributed by atoms with Crippen molar-refractivity contribution in [2.24, 2.45) is 5.73 Å². The van der Waals surface area contributed by atoms with Gasteiger partial charge < -0.3 is 26.0 Å². The summed E-state index contributed by atoms with van der Waals surface area (Å²) in [5.74, 6) is -0.305. The molecule has 0 radical (unpaired) electrons. The first-order valence-corrected chi connectivity index (χ1v) is 13.0. The van der Waals surface area contributed by atoms with Gasteiger partial charge in [-0.05, 0) is 36.4 Å². The number of nitrogens with zero attached hydrogens (tertiary/aromatic N) is 4. The van der Waals surface area contributed by atoms with Crippen molar-refractivity contribution in [1.82, 2.24) is 20.2 Å². The van der Waals surface area contributed by atoms with Gasteiger partial charge >= 0.3 is 0 Å². The number of primary amides is 1. The Bertz CT molecular complexity index is 1530. The Hall–Kier alpha value is -4.23. The Kier molecular flexibility index (Phi) is 6.16. The van der Waals surface area contributed by atoms with E-state index >= 15 is 0 Å². The number of carbonyl (C=O) groups excluding carboxylic acids is 1. The SMILES string of the molecule is CS(=O)(=O)c1[nH]nc2nc(Nc3ccc(N4CCOCC4)cc3)nc(Nc3ccccc3C(N)=O)c12. The van der Waals surface area contributed by atoms with E-state index in [0.717, 1.165) is 30.7 Å². The number of benzene rings is 2. The van der Waals surface area contributed by atoms with E-state index in [1.54, 1.807) is 24.3 Å². The number of hydrogen-bond donors (Lipinski definition) is 4. The van der Waals surface area contributed by atoms with Crippen molar-refractivity contribution in [2.75, 3.05) is 48.1 Å². The van der Waals surface area contributed by atoms with Crippen molar-refractivity contribution < 1.29 is 17.9 Å². The smallest absolute Gasteiger partial charge is 0.250 e. The van der Waals surface area contributed by atoms with Gasteiger partial charge in [0.2, 0.25) is 5.95 Å². The highest BCUT2D eigenvalue weighted by Gasteiger charge is 2.23. The van der Waals surface area contributed by atoms with Crippen LogP contribution in [0.2, 0.25) is 0 Å². The van der Waals surface area contributed by atoms with E-state index in [1.807, 2.05) is 24.3 Å². The van der Waals surface area contributed by atoms with E-state index in [0.29, 0.717) is 18.9 Å². The molecule has 1 aliphatic heterocycles. The first-order chi connectivity index (χ1) is 17.3. The van der Waals surface area contributed by atoms with E-state index in [1.165, 1.54) is 0 Å². The topological polar surface area (TPSA) is 168 Å². The van der Waals surface area contributed by atoms with Crippen LogP contribution in [0, 0.1) is 0 Å². The number of aromatic nitrogens is 4. The second-order valence-corrected chi connectivity index (χ2v) is 10.2. The highest BCUT2D eigenvalue weighted by atomic mass is 32.2. The fourth-order valence-corrected chi connectivity index (χ4v) is 4.72. The van der Waals surface area contributed by atoms with Crippen LogP contribution in [0.25, 0.3) is 11.0 Å². The third kappa shape index (κ3) is 4.78. The quantitative estimate of drug-likeness (QED) is 0.290. The average Bonchev–Trinajstić information content (AvgIpc) is 3.30. The number of ether oxygens (including phenoxy) is 1. The fraction of sp³-hybridized carbons (Fsp3) is 0.217. The highest BCUT2D eigenvalue weighted by molar-refractivity contribution is 7.90. The third-order valence-electron chi connectivity index (χ3n) is 5.70. The predicted octanol–water partition coefficient (Wildman–Crippen LogP) is 2.18. The first-order valence-electron chi connectivity index (χ1n) is 11.1. The van der Waals surface area contributed by atoms with Crippen LogP contribution in [0.15, 0.2) is 53.6 Å². The molecule has 0 aliphatic carbocycles. The molecule has 13 heteroatoms. The van der Waals surface area contributed by atoms with E-state index in [2.05, 4.69) is 35.7 Å². The number of sulfone groups is 1. The van der Waals surface area contributed by atoms with Gasteiger partial charge in [0.15, 0.2) is 20.5 Å². The van der Waals surface area contributed by atoms with Crippen molar-refractivity contribution in [3.05, 3.63) is 54.1 Å². The summed E-state index contributed by atoms with van der Waals surface area (Å²) in [5.41, 5.74) is 8.05. The first kappa shape index (κ1) is 23.5. The standard InChI is InChI=1S/C23H24N8O4S/c1-36(33,34)22-18-20(26-17-5-3-2-4-16(17)19(24)32)27-23(28-21(18)29-30-22)25-14-6-8-15(9-7-14)31-10-12-35-13-11-31/h2-9H,10-13H2,1H3,(H2,24,32)(H3,25,26,27,28,29,30). The van der Waals surface area contributed by atoms with Crippen LogP contribution in [-0.4, -0.2) is 67.0 Å². The molecule has 0 bridgehead atoms. The zero-order chi connectivity index (χ0) is 25.3. The number of para-hydroxylation sites is 1. The summed E-state index contributed by atoms with van der Waals surface area (Å²) < 4.78 is 30.1. The lowest BCUT2D eigenvalue weighted by Crippen LogP contribution is -2.36.